The fourth-order valence-corrected chi connectivity index (χ4v) is 3.63. The van der Waals surface area contributed by atoms with Crippen molar-refractivity contribution in [2.24, 2.45) is 17.8 Å². The van der Waals surface area contributed by atoms with Gasteiger partial charge in [0.25, 0.3) is 5.91 Å². The summed E-state index contributed by atoms with van der Waals surface area (Å²) in [6.45, 7) is 11.4. The molecule has 1 amide bonds. The maximum atomic E-state index is 13.1. The second-order valence-corrected chi connectivity index (χ2v) is 9.75. The molecule has 0 bridgehead atoms. The van der Waals surface area contributed by atoms with Crippen LogP contribution in [0, 0.1) is 24.7 Å². The van der Waals surface area contributed by atoms with Gasteiger partial charge in [0.2, 0.25) is 0 Å². The number of nitrogens with zero attached hydrogens (tertiary/aromatic N) is 1. The van der Waals surface area contributed by atoms with Crippen LogP contribution in [-0.4, -0.2) is 59.6 Å². The van der Waals surface area contributed by atoms with Crippen molar-refractivity contribution < 1.29 is 42.9 Å². The average Bonchev–Trinajstić information content (AvgIpc) is 2.84. The third-order valence-corrected chi connectivity index (χ3v) is 5.72. The molecule has 37 heavy (non-hydrogen) atoms. The summed E-state index contributed by atoms with van der Waals surface area (Å²) in [5.41, 5.74) is 0.286. The predicted molar refractivity (Wildman–Crippen MR) is 130 cm³/mol. The van der Waals surface area contributed by atoms with Crippen LogP contribution in [0.1, 0.15) is 70.4 Å². The van der Waals surface area contributed by atoms with Gasteiger partial charge in [-0.15, -0.1) is 0 Å². The first kappa shape index (κ1) is 29.7. The summed E-state index contributed by atoms with van der Waals surface area (Å²) in [4.78, 5) is 67.4. The fraction of sp³-hybridized carbons (Fsp3) is 0.615. The molecule has 0 aliphatic carbocycles. The number of carbonyl (C=O) groups excluding carboxylic acids is 5. The van der Waals surface area contributed by atoms with Gasteiger partial charge in [0, 0.05) is 12.6 Å². The van der Waals surface area contributed by atoms with Crippen LogP contribution in [0.3, 0.4) is 0 Å². The average molecular weight is 521 g/mol. The Morgan fingerprint density at radius 1 is 1.16 bits per heavy atom. The molecule has 1 aliphatic rings. The van der Waals surface area contributed by atoms with Gasteiger partial charge in [0.05, 0.1) is 11.8 Å². The van der Waals surface area contributed by atoms with Gasteiger partial charge in [-0.2, -0.15) is 0 Å². The van der Waals surface area contributed by atoms with Crippen molar-refractivity contribution in [1.29, 1.82) is 0 Å². The fourth-order valence-electron chi connectivity index (χ4n) is 3.63. The summed E-state index contributed by atoms with van der Waals surface area (Å²) in [6.07, 6.45) is -0.274. The van der Waals surface area contributed by atoms with Crippen molar-refractivity contribution in [3.8, 4) is 5.75 Å². The van der Waals surface area contributed by atoms with Crippen LogP contribution < -0.4 is 10.1 Å². The lowest BCUT2D eigenvalue weighted by molar-refractivity contribution is -0.176. The first-order chi connectivity index (χ1) is 17.3. The van der Waals surface area contributed by atoms with Gasteiger partial charge in [0.15, 0.2) is 23.6 Å². The van der Waals surface area contributed by atoms with Crippen LogP contribution in [0.2, 0.25) is 0 Å². The van der Waals surface area contributed by atoms with E-state index in [4.69, 9.17) is 18.9 Å². The Morgan fingerprint density at radius 2 is 1.84 bits per heavy atom. The minimum Gasteiger partial charge on any atom is -0.463 e. The third kappa shape index (κ3) is 7.99. The summed E-state index contributed by atoms with van der Waals surface area (Å²) in [5.74, 6) is -4.79. The Morgan fingerprint density at radius 3 is 2.43 bits per heavy atom. The van der Waals surface area contributed by atoms with Gasteiger partial charge in [0.1, 0.15) is 12.7 Å². The number of hydrogen-bond donors (Lipinski definition) is 1. The summed E-state index contributed by atoms with van der Waals surface area (Å²) >= 11 is 0. The molecule has 1 N–H and O–H groups in total. The van der Waals surface area contributed by atoms with Crippen molar-refractivity contribution in [2.75, 3.05) is 6.61 Å². The van der Waals surface area contributed by atoms with Gasteiger partial charge < -0.3 is 24.3 Å². The van der Waals surface area contributed by atoms with E-state index < -0.39 is 66.5 Å². The highest BCUT2D eigenvalue weighted by Gasteiger charge is 2.41. The lowest BCUT2D eigenvalue weighted by atomic mass is 9.95. The third-order valence-electron chi connectivity index (χ3n) is 5.72. The van der Waals surface area contributed by atoms with Crippen LogP contribution in [0.4, 0.5) is 0 Å². The summed E-state index contributed by atoms with van der Waals surface area (Å²) < 4.78 is 21.7. The summed E-state index contributed by atoms with van der Waals surface area (Å²) in [6, 6.07) is 0.202. The molecule has 4 unspecified atom stereocenters. The maximum Gasteiger partial charge on any atom is 0.332 e. The second kappa shape index (κ2) is 13.2. The zero-order valence-corrected chi connectivity index (χ0v) is 22.4. The standard InChI is InChI=1S/C26H36N2O9/c1-8-17-22(37-24(31)14(4)5)16(7)35-26(33)18(12-34-25(17)32)28-23(30)20-21(15(6)9-10-27-20)36-19(29)11-13(2)3/h9-10,13-14,16-18,22H,8,11-12H2,1-7H3,(H,28,30). The number of hydrogen-bond acceptors (Lipinski definition) is 10. The molecule has 11 nitrogen and oxygen atoms in total. The number of aryl methyl sites for hydroxylation is 1. The molecule has 4 atom stereocenters. The molecule has 1 fully saturated rings. The van der Waals surface area contributed by atoms with Gasteiger partial charge in [-0.05, 0) is 37.8 Å². The molecular formula is C26H36N2O9. The molecule has 1 aromatic heterocycles. The lowest BCUT2D eigenvalue weighted by Crippen LogP contribution is -2.47. The zero-order chi connectivity index (χ0) is 27.9. The van der Waals surface area contributed by atoms with Crippen molar-refractivity contribution in [2.45, 2.75) is 79.6 Å². The van der Waals surface area contributed by atoms with Crippen molar-refractivity contribution in [3.63, 3.8) is 0 Å². The van der Waals surface area contributed by atoms with Crippen LogP contribution in [-0.2, 0) is 33.4 Å². The number of nitrogens with one attached hydrogen (secondary N) is 1. The Hall–Kier alpha value is -3.50. The van der Waals surface area contributed by atoms with Crippen LogP contribution in [0.5, 0.6) is 5.75 Å². The zero-order valence-electron chi connectivity index (χ0n) is 22.4. The number of cyclic esters (lactones) is 2. The number of esters is 4. The second-order valence-electron chi connectivity index (χ2n) is 9.75. The van der Waals surface area contributed by atoms with Gasteiger partial charge in [-0.25, -0.2) is 9.78 Å². The van der Waals surface area contributed by atoms with E-state index in [2.05, 4.69) is 10.3 Å². The van der Waals surface area contributed by atoms with E-state index in [9.17, 15) is 24.0 Å². The van der Waals surface area contributed by atoms with Crippen molar-refractivity contribution >= 4 is 29.8 Å². The van der Waals surface area contributed by atoms with E-state index in [1.165, 1.54) is 13.1 Å². The van der Waals surface area contributed by atoms with E-state index >= 15 is 0 Å². The van der Waals surface area contributed by atoms with E-state index in [0.29, 0.717) is 5.56 Å². The molecule has 204 valence electrons. The topological polar surface area (TPSA) is 147 Å². The van der Waals surface area contributed by atoms with Crippen LogP contribution >= 0.6 is 0 Å². The highest BCUT2D eigenvalue weighted by molar-refractivity contribution is 5.98. The molecule has 0 saturated carbocycles. The minimum absolute atomic E-state index is 0.0286. The van der Waals surface area contributed by atoms with Gasteiger partial charge >= 0.3 is 23.9 Å². The molecule has 11 heteroatoms. The van der Waals surface area contributed by atoms with E-state index in [0.717, 1.165) is 0 Å². The first-order valence-electron chi connectivity index (χ1n) is 12.4. The molecule has 1 saturated heterocycles. The summed E-state index contributed by atoms with van der Waals surface area (Å²) in [5, 5.41) is 2.46. The molecular weight excluding hydrogens is 484 g/mol. The van der Waals surface area contributed by atoms with Crippen molar-refractivity contribution in [3.05, 3.63) is 23.5 Å². The quantitative estimate of drug-likeness (QED) is 0.400. The molecule has 0 radical (unpaired) electrons. The monoisotopic (exact) mass is 520 g/mol. The lowest BCUT2D eigenvalue weighted by Gasteiger charge is -2.29. The molecule has 0 spiro atoms. The molecule has 2 heterocycles. The summed E-state index contributed by atoms with van der Waals surface area (Å²) in [7, 11) is 0. The Bertz CT molecular complexity index is 1020. The highest BCUT2D eigenvalue weighted by atomic mass is 16.6. The maximum absolute atomic E-state index is 13.1. The van der Waals surface area contributed by atoms with E-state index in [1.807, 2.05) is 13.8 Å². The normalized spacial score (nSPS) is 22.3. The number of ether oxygens (including phenoxy) is 4. The Balaban J connectivity index is 2.27. The van der Waals surface area contributed by atoms with E-state index in [1.54, 1.807) is 33.8 Å². The smallest absolute Gasteiger partial charge is 0.332 e. The largest absolute Gasteiger partial charge is 0.463 e. The first-order valence-corrected chi connectivity index (χ1v) is 12.4. The van der Waals surface area contributed by atoms with E-state index in [-0.39, 0.29) is 30.2 Å². The molecule has 2 rings (SSSR count). The molecule has 0 aromatic carbocycles. The predicted octanol–water partition coefficient (Wildman–Crippen LogP) is 2.52. The number of amides is 1. The molecule has 1 aliphatic heterocycles. The number of pyridine rings is 1. The van der Waals surface area contributed by atoms with Crippen LogP contribution in [0.25, 0.3) is 0 Å². The van der Waals surface area contributed by atoms with Gasteiger partial charge in [-0.1, -0.05) is 34.6 Å². The molecule has 1 aromatic rings. The van der Waals surface area contributed by atoms with Crippen molar-refractivity contribution in [1.82, 2.24) is 10.3 Å². The van der Waals surface area contributed by atoms with Gasteiger partial charge in [-0.3, -0.25) is 19.2 Å². The number of aromatic nitrogens is 1. The minimum atomic E-state index is -1.38. The van der Waals surface area contributed by atoms with Crippen LogP contribution in [0.15, 0.2) is 12.3 Å². The Labute approximate surface area is 216 Å². The number of carbonyl (C=O) groups is 5. The highest BCUT2D eigenvalue weighted by Crippen LogP contribution is 2.25. The number of rotatable bonds is 8. The Kier molecular flexibility index (Phi) is 10.6. The SMILES string of the molecule is CCC1C(=O)OCC(NC(=O)c2nccc(C)c2OC(=O)CC(C)C)C(=O)OC(C)C1OC(=O)C(C)C.